The third-order valence-electron chi connectivity index (χ3n) is 6.39. The number of benzene rings is 2. The summed E-state index contributed by atoms with van der Waals surface area (Å²) in [4.78, 5) is 0. The van der Waals surface area contributed by atoms with Gasteiger partial charge in [0.15, 0.2) is 6.29 Å². The fourth-order valence-corrected chi connectivity index (χ4v) is 3.16. The zero-order chi connectivity index (χ0) is 21.5. The van der Waals surface area contributed by atoms with E-state index < -0.39 is 0 Å². The van der Waals surface area contributed by atoms with E-state index in [4.69, 9.17) is 9.47 Å². The average molecular weight is 385 g/mol. The average Bonchev–Trinajstić information content (AvgIpc) is 2.71. The van der Waals surface area contributed by atoms with Crippen molar-refractivity contribution in [1.82, 2.24) is 0 Å². The highest BCUT2D eigenvalue weighted by Gasteiger charge is 2.16. The minimum absolute atomic E-state index is 0.157. The van der Waals surface area contributed by atoms with Gasteiger partial charge in [-0.05, 0) is 92.3 Å². The van der Waals surface area contributed by atoms with Crippen LogP contribution in [-0.2, 0) is 21.5 Å². The number of ether oxygens (including phenoxy) is 2. The van der Waals surface area contributed by atoms with E-state index in [1.807, 2.05) is 6.92 Å². The topological polar surface area (TPSA) is 18.5 Å². The molecule has 0 fully saturated rings. The van der Waals surface area contributed by atoms with E-state index in [2.05, 4.69) is 85.7 Å². The van der Waals surface area contributed by atoms with E-state index in [1.165, 1.54) is 45.4 Å². The normalized spacial score (nSPS) is 12.4. The molecule has 0 bridgehead atoms. The molecule has 2 rings (SSSR count). The van der Waals surface area contributed by atoms with Gasteiger partial charge in [0.1, 0.15) is 0 Å². The Kier molecular flexibility index (Phi) is 9.39. The van der Waals surface area contributed by atoms with E-state index >= 15 is 0 Å². The lowest BCUT2D eigenvalue weighted by Gasteiger charge is -2.22. The number of hydrogen-bond donors (Lipinski definition) is 0. The first kappa shape index (κ1) is 24.4. The van der Waals surface area contributed by atoms with Gasteiger partial charge < -0.3 is 9.47 Å². The standard InChI is InChI=1S/C15H24O2.C11H16/c1-9-10(2)12(4)15(13(5)11(9)3)8-17-14(6)16-7;1-4-11(2,3)10-8-6-5-7-9-10/h14H,8H2,1-7H3;5-9H,4H2,1-3H3. The van der Waals surface area contributed by atoms with E-state index in [0.717, 1.165) is 0 Å². The van der Waals surface area contributed by atoms with Crippen molar-refractivity contribution in [1.29, 1.82) is 0 Å². The van der Waals surface area contributed by atoms with Crippen molar-refractivity contribution in [2.24, 2.45) is 0 Å². The van der Waals surface area contributed by atoms with Crippen LogP contribution < -0.4 is 0 Å². The molecule has 0 heterocycles. The van der Waals surface area contributed by atoms with Gasteiger partial charge in [0.25, 0.3) is 0 Å². The molecule has 0 aliphatic carbocycles. The van der Waals surface area contributed by atoms with Gasteiger partial charge in [-0.15, -0.1) is 0 Å². The molecule has 0 spiro atoms. The summed E-state index contributed by atoms with van der Waals surface area (Å²) >= 11 is 0. The van der Waals surface area contributed by atoms with Crippen molar-refractivity contribution in [3.63, 3.8) is 0 Å². The Bertz CT molecular complexity index is 716. The molecule has 2 aromatic rings. The van der Waals surface area contributed by atoms with Crippen molar-refractivity contribution in [2.45, 2.75) is 87.0 Å². The Balaban J connectivity index is 0.000000307. The summed E-state index contributed by atoms with van der Waals surface area (Å²) in [7, 11) is 1.66. The van der Waals surface area contributed by atoms with Crippen LogP contribution in [0.2, 0.25) is 0 Å². The minimum Gasteiger partial charge on any atom is -0.356 e. The van der Waals surface area contributed by atoms with Crippen LogP contribution in [0.4, 0.5) is 0 Å². The molecule has 0 N–H and O–H groups in total. The number of methoxy groups -OCH3 is 1. The zero-order valence-corrected chi connectivity index (χ0v) is 19.7. The predicted octanol–water partition coefficient (Wildman–Crippen LogP) is 7.11. The smallest absolute Gasteiger partial charge is 0.154 e. The quantitative estimate of drug-likeness (QED) is 0.494. The molecule has 28 heavy (non-hydrogen) atoms. The van der Waals surface area contributed by atoms with Crippen LogP contribution >= 0.6 is 0 Å². The molecule has 0 aliphatic rings. The second-order valence-corrected chi connectivity index (χ2v) is 8.32. The molecular formula is C26H40O2. The molecule has 1 atom stereocenters. The SMILES string of the molecule is CCC(C)(C)c1ccccc1.COC(C)OCc1c(C)c(C)c(C)c(C)c1C. The van der Waals surface area contributed by atoms with Crippen molar-refractivity contribution in [3.8, 4) is 0 Å². The first-order chi connectivity index (χ1) is 13.1. The monoisotopic (exact) mass is 384 g/mol. The Hall–Kier alpha value is -1.64. The molecular weight excluding hydrogens is 344 g/mol. The summed E-state index contributed by atoms with van der Waals surface area (Å²) in [6.07, 6.45) is 1.03. The fourth-order valence-electron chi connectivity index (χ4n) is 3.16. The molecule has 0 amide bonds. The van der Waals surface area contributed by atoms with E-state index in [-0.39, 0.29) is 6.29 Å². The molecule has 1 unspecified atom stereocenters. The molecule has 0 aromatic heterocycles. The lowest BCUT2D eigenvalue weighted by molar-refractivity contribution is -0.118. The molecule has 2 nitrogen and oxygen atoms in total. The molecule has 2 heteroatoms. The second kappa shape index (κ2) is 10.8. The number of rotatable bonds is 6. The van der Waals surface area contributed by atoms with E-state index in [9.17, 15) is 0 Å². The van der Waals surface area contributed by atoms with Gasteiger partial charge in [-0.1, -0.05) is 51.1 Å². The van der Waals surface area contributed by atoms with Gasteiger partial charge in [0, 0.05) is 7.11 Å². The third-order valence-corrected chi connectivity index (χ3v) is 6.39. The third kappa shape index (κ3) is 6.18. The Morgan fingerprint density at radius 3 is 1.71 bits per heavy atom. The summed E-state index contributed by atoms with van der Waals surface area (Å²) in [5.74, 6) is 0. The predicted molar refractivity (Wildman–Crippen MR) is 121 cm³/mol. The van der Waals surface area contributed by atoms with Crippen molar-refractivity contribution < 1.29 is 9.47 Å². The van der Waals surface area contributed by atoms with Crippen LogP contribution in [0.3, 0.4) is 0 Å². The molecule has 0 radical (unpaired) electrons. The maximum absolute atomic E-state index is 5.67. The van der Waals surface area contributed by atoms with Crippen LogP contribution in [0, 0.1) is 34.6 Å². The van der Waals surface area contributed by atoms with Crippen LogP contribution in [0.15, 0.2) is 30.3 Å². The van der Waals surface area contributed by atoms with Crippen LogP contribution in [0.1, 0.15) is 73.1 Å². The van der Waals surface area contributed by atoms with Gasteiger partial charge in [0.05, 0.1) is 6.61 Å². The Morgan fingerprint density at radius 1 is 0.821 bits per heavy atom. The highest BCUT2D eigenvalue weighted by molar-refractivity contribution is 5.49. The van der Waals surface area contributed by atoms with Gasteiger partial charge in [0.2, 0.25) is 0 Å². The Morgan fingerprint density at radius 2 is 1.29 bits per heavy atom. The molecule has 0 saturated carbocycles. The largest absolute Gasteiger partial charge is 0.356 e. The van der Waals surface area contributed by atoms with Crippen molar-refractivity contribution in [3.05, 3.63) is 69.3 Å². The summed E-state index contributed by atoms with van der Waals surface area (Å²) in [5.41, 5.74) is 9.89. The summed E-state index contributed by atoms with van der Waals surface area (Å²) < 4.78 is 10.8. The maximum atomic E-state index is 5.67. The molecule has 0 aliphatic heterocycles. The minimum atomic E-state index is -0.157. The van der Waals surface area contributed by atoms with Crippen molar-refractivity contribution >= 4 is 0 Å². The van der Waals surface area contributed by atoms with E-state index in [0.29, 0.717) is 12.0 Å². The Labute approximate surface area is 173 Å². The fraction of sp³-hybridized carbons (Fsp3) is 0.538. The molecule has 0 saturated heterocycles. The summed E-state index contributed by atoms with van der Waals surface area (Å²) in [6.45, 7) is 20.2. The van der Waals surface area contributed by atoms with Crippen LogP contribution in [-0.4, -0.2) is 13.4 Å². The van der Waals surface area contributed by atoms with Crippen molar-refractivity contribution in [2.75, 3.05) is 7.11 Å². The molecule has 2 aromatic carbocycles. The second-order valence-electron chi connectivity index (χ2n) is 8.32. The molecule has 156 valence electrons. The van der Waals surface area contributed by atoms with Gasteiger partial charge in [-0.2, -0.15) is 0 Å². The highest BCUT2D eigenvalue weighted by atomic mass is 16.7. The van der Waals surface area contributed by atoms with Crippen LogP contribution in [0.5, 0.6) is 0 Å². The van der Waals surface area contributed by atoms with Crippen LogP contribution in [0.25, 0.3) is 0 Å². The maximum Gasteiger partial charge on any atom is 0.154 e. The number of hydrogen-bond acceptors (Lipinski definition) is 2. The van der Waals surface area contributed by atoms with E-state index in [1.54, 1.807) is 7.11 Å². The first-order valence-electron chi connectivity index (χ1n) is 10.3. The van der Waals surface area contributed by atoms with Gasteiger partial charge >= 0.3 is 0 Å². The summed E-state index contributed by atoms with van der Waals surface area (Å²) in [5, 5.41) is 0. The lowest BCUT2D eigenvalue weighted by Crippen LogP contribution is -2.14. The van der Waals surface area contributed by atoms with Gasteiger partial charge in [-0.25, -0.2) is 0 Å². The lowest BCUT2D eigenvalue weighted by atomic mass is 9.82. The van der Waals surface area contributed by atoms with Gasteiger partial charge in [-0.3, -0.25) is 0 Å². The highest BCUT2D eigenvalue weighted by Crippen LogP contribution is 2.27. The summed E-state index contributed by atoms with van der Waals surface area (Å²) in [6, 6.07) is 10.7. The zero-order valence-electron chi connectivity index (χ0n) is 19.7. The first-order valence-corrected chi connectivity index (χ1v) is 10.3.